The number of nitrogens with one attached hydrogen (secondary N) is 1. The van der Waals surface area contributed by atoms with Crippen molar-refractivity contribution in [3.63, 3.8) is 0 Å². The van der Waals surface area contributed by atoms with Crippen molar-refractivity contribution in [2.45, 2.75) is 13.8 Å². The van der Waals surface area contributed by atoms with Crippen LogP contribution in [-0.4, -0.2) is 43.8 Å². The first-order chi connectivity index (χ1) is 12.0. The Morgan fingerprint density at radius 3 is 2.48 bits per heavy atom. The number of anilines is 1. The molecule has 25 heavy (non-hydrogen) atoms. The van der Waals surface area contributed by atoms with Gasteiger partial charge in [-0.05, 0) is 31.2 Å². The standard InChI is InChI=1S/C17H21N3O5/c1-12-10-16(19-25-12)20(13(2)21)11-17(22)18-8-9-24-15-6-4-14(23-3)5-7-15/h4-7,10H,8-9,11H2,1-3H3,(H,18,22). The molecular weight excluding hydrogens is 326 g/mol. The van der Waals surface area contributed by atoms with Crippen LogP contribution in [0.2, 0.25) is 0 Å². The Balaban J connectivity index is 1.76. The van der Waals surface area contributed by atoms with Gasteiger partial charge in [0, 0.05) is 13.0 Å². The van der Waals surface area contributed by atoms with Gasteiger partial charge >= 0.3 is 0 Å². The van der Waals surface area contributed by atoms with Crippen LogP contribution in [0.5, 0.6) is 11.5 Å². The minimum Gasteiger partial charge on any atom is -0.497 e. The van der Waals surface area contributed by atoms with Crippen molar-refractivity contribution in [1.29, 1.82) is 0 Å². The molecule has 0 bridgehead atoms. The lowest BCUT2D eigenvalue weighted by Gasteiger charge is -2.17. The molecule has 0 radical (unpaired) electrons. The zero-order valence-electron chi connectivity index (χ0n) is 14.4. The molecule has 0 atom stereocenters. The third kappa shape index (κ3) is 5.52. The molecule has 2 aromatic rings. The van der Waals surface area contributed by atoms with Crippen molar-refractivity contribution in [3.05, 3.63) is 36.1 Å². The summed E-state index contributed by atoms with van der Waals surface area (Å²) < 4.78 is 15.5. The molecule has 0 saturated carbocycles. The summed E-state index contributed by atoms with van der Waals surface area (Å²) in [6.45, 7) is 3.56. The van der Waals surface area contributed by atoms with Crippen molar-refractivity contribution < 1.29 is 23.6 Å². The zero-order valence-corrected chi connectivity index (χ0v) is 14.4. The molecule has 0 spiro atoms. The van der Waals surface area contributed by atoms with Gasteiger partial charge in [0.05, 0.1) is 13.7 Å². The van der Waals surface area contributed by atoms with E-state index < -0.39 is 0 Å². The lowest BCUT2D eigenvalue weighted by Crippen LogP contribution is -2.41. The fraction of sp³-hybridized carbons (Fsp3) is 0.353. The number of amides is 2. The summed E-state index contributed by atoms with van der Waals surface area (Å²) in [7, 11) is 1.59. The Bertz CT molecular complexity index is 711. The topological polar surface area (TPSA) is 93.9 Å². The number of carbonyl (C=O) groups is 2. The van der Waals surface area contributed by atoms with Crippen molar-refractivity contribution in [2.24, 2.45) is 0 Å². The summed E-state index contributed by atoms with van der Waals surface area (Å²) in [6, 6.07) is 8.74. The first-order valence-electron chi connectivity index (χ1n) is 7.74. The molecule has 134 valence electrons. The molecule has 0 aliphatic heterocycles. The number of nitrogens with zero attached hydrogens (tertiary/aromatic N) is 2. The first-order valence-corrected chi connectivity index (χ1v) is 7.74. The molecule has 8 nitrogen and oxygen atoms in total. The average molecular weight is 347 g/mol. The predicted octanol–water partition coefficient (Wildman–Crippen LogP) is 1.54. The Kier molecular flexibility index (Phi) is 6.39. The molecule has 1 heterocycles. The van der Waals surface area contributed by atoms with E-state index in [9.17, 15) is 9.59 Å². The van der Waals surface area contributed by atoms with Crippen LogP contribution >= 0.6 is 0 Å². The van der Waals surface area contributed by atoms with Gasteiger partial charge in [-0.2, -0.15) is 0 Å². The number of aryl methyl sites for hydroxylation is 1. The number of benzene rings is 1. The molecule has 0 saturated heterocycles. The number of hydrogen-bond donors (Lipinski definition) is 1. The molecular formula is C17H21N3O5. The highest BCUT2D eigenvalue weighted by Crippen LogP contribution is 2.16. The van der Waals surface area contributed by atoms with Crippen LogP contribution in [0.3, 0.4) is 0 Å². The maximum atomic E-state index is 12.0. The molecule has 0 aliphatic carbocycles. The number of methoxy groups -OCH3 is 1. The molecule has 0 fully saturated rings. The monoisotopic (exact) mass is 347 g/mol. The van der Waals surface area contributed by atoms with Gasteiger partial charge in [-0.15, -0.1) is 0 Å². The van der Waals surface area contributed by atoms with E-state index in [2.05, 4.69) is 10.5 Å². The van der Waals surface area contributed by atoms with Crippen LogP contribution in [-0.2, 0) is 9.59 Å². The summed E-state index contributed by atoms with van der Waals surface area (Å²) >= 11 is 0. The lowest BCUT2D eigenvalue weighted by molar-refractivity contribution is -0.123. The normalized spacial score (nSPS) is 10.2. The van der Waals surface area contributed by atoms with Crippen LogP contribution < -0.4 is 19.7 Å². The van der Waals surface area contributed by atoms with Crippen LogP contribution in [0.1, 0.15) is 12.7 Å². The first kappa shape index (κ1) is 18.3. The van der Waals surface area contributed by atoms with E-state index in [0.717, 1.165) is 5.75 Å². The van der Waals surface area contributed by atoms with E-state index in [-0.39, 0.29) is 18.4 Å². The largest absolute Gasteiger partial charge is 0.497 e. The highest BCUT2D eigenvalue weighted by molar-refractivity contribution is 5.96. The summed E-state index contributed by atoms with van der Waals surface area (Å²) in [5.74, 6) is 1.70. The summed E-state index contributed by atoms with van der Waals surface area (Å²) in [5.41, 5.74) is 0. The van der Waals surface area contributed by atoms with E-state index in [1.165, 1.54) is 11.8 Å². The number of ether oxygens (including phenoxy) is 2. The Labute approximate surface area is 145 Å². The van der Waals surface area contributed by atoms with Gasteiger partial charge in [-0.3, -0.25) is 14.5 Å². The minimum atomic E-state index is -0.311. The van der Waals surface area contributed by atoms with Gasteiger partial charge in [0.25, 0.3) is 0 Å². The third-order valence-corrected chi connectivity index (χ3v) is 3.33. The second kappa shape index (κ2) is 8.72. The van der Waals surface area contributed by atoms with E-state index in [4.69, 9.17) is 14.0 Å². The second-order valence-corrected chi connectivity index (χ2v) is 5.27. The Hall–Kier alpha value is -3.03. The van der Waals surface area contributed by atoms with Crippen molar-refractivity contribution in [1.82, 2.24) is 10.5 Å². The number of aromatic nitrogens is 1. The fourth-order valence-corrected chi connectivity index (χ4v) is 2.06. The van der Waals surface area contributed by atoms with Gasteiger partial charge in [0.15, 0.2) is 5.82 Å². The minimum absolute atomic E-state index is 0.135. The van der Waals surface area contributed by atoms with Gasteiger partial charge in [0.2, 0.25) is 11.8 Å². The summed E-state index contributed by atoms with van der Waals surface area (Å²) in [4.78, 5) is 24.9. The van der Waals surface area contributed by atoms with Gasteiger partial charge < -0.3 is 19.3 Å². The molecule has 8 heteroatoms. The van der Waals surface area contributed by atoms with Crippen molar-refractivity contribution in [2.75, 3.05) is 31.7 Å². The van der Waals surface area contributed by atoms with E-state index in [1.807, 2.05) is 0 Å². The van der Waals surface area contributed by atoms with E-state index in [1.54, 1.807) is 44.4 Å². The zero-order chi connectivity index (χ0) is 18.2. The fourth-order valence-electron chi connectivity index (χ4n) is 2.06. The molecule has 2 rings (SSSR count). The maximum Gasteiger partial charge on any atom is 0.240 e. The highest BCUT2D eigenvalue weighted by atomic mass is 16.5. The molecule has 1 aromatic heterocycles. The SMILES string of the molecule is COc1ccc(OCCNC(=O)CN(C(C)=O)c2cc(C)on2)cc1. The average Bonchev–Trinajstić information content (AvgIpc) is 3.03. The molecule has 2 amide bonds. The molecule has 1 N–H and O–H groups in total. The van der Waals surface area contributed by atoms with Crippen LogP contribution in [0.15, 0.2) is 34.9 Å². The number of carbonyl (C=O) groups excluding carboxylic acids is 2. The van der Waals surface area contributed by atoms with Gasteiger partial charge in [0.1, 0.15) is 30.4 Å². The second-order valence-electron chi connectivity index (χ2n) is 5.27. The van der Waals surface area contributed by atoms with Crippen LogP contribution in [0.4, 0.5) is 5.82 Å². The summed E-state index contributed by atoms with van der Waals surface area (Å²) in [5, 5.41) is 6.45. The number of rotatable bonds is 8. The van der Waals surface area contributed by atoms with E-state index >= 15 is 0 Å². The van der Waals surface area contributed by atoms with Crippen molar-refractivity contribution >= 4 is 17.6 Å². The van der Waals surface area contributed by atoms with Gasteiger partial charge in [-0.25, -0.2) is 0 Å². The van der Waals surface area contributed by atoms with Crippen LogP contribution in [0, 0.1) is 6.92 Å². The molecule has 1 aromatic carbocycles. The van der Waals surface area contributed by atoms with E-state index in [0.29, 0.717) is 30.5 Å². The highest BCUT2D eigenvalue weighted by Gasteiger charge is 2.18. The Morgan fingerprint density at radius 1 is 1.24 bits per heavy atom. The van der Waals surface area contributed by atoms with Crippen LogP contribution in [0.25, 0.3) is 0 Å². The molecule has 0 aliphatic rings. The third-order valence-electron chi connectivity index (χ3n) is 3.33. The van der Waals surface area contributed by atoms with Crippen molar-refractivity contribution in [3.8, 4) is 11.5 Å². The maximum absolute atomic E-state index is 12.0. The summed E-state index contributed by atoms with van der Waals surface area (Å²) in [6.07, 6.45) is 0. The molecule has 0 unspecified atom stereocenters. The number of hydrogen-bond acceptors (Lipinski definition) is 6. The quantitative estimate of drug-likeness (QED) is 0.728. The smallest absolute Gasteiger partial charge is 0.240 e. The lowest BCUT2D eigenvalue weighted by atomic mass is 10.3. The van der Waals surface area contributed by atoms with Gasteiger partial charge in [-0.1, -0.05) is 5.16 Å². The predicted molar refractivity (Wildman–Crippen MR) is 90.8 cm³/mol. The Morgan fingerprint density at radius 2 is 1.92 bits per heavy atom.